The standard InChI is InChI=1S/C14H25NO2S/c1-13(2)7-11(8-18-10-13)15-6-4-5-14(3,9-15)12(16)17/h11H,4-10H2,1-3H3,(H,16,17). The minimum Gasteiger partial charge on any atom is -0.481 e. The predicted molar refractivity (Wildman–Crippen MR) is 76.1 cm³/mol. The van der Waals surface area contributed by atoms with Crippen molar-refractivity contribution in [2.45, 2.75) is 46.1 Å². The lowest BCUT2D eigenvalue weighted by atomic mass is 9.80. The number of carboxylic acids is 1. The zero-order valence-corrected chi connectivity index (χ0v) is 12.6. The van der Waals surface area contributed by atoms with E-state index in [0.717, 1.165) is 25.9 Å². The lowest BCUT2D eigenvalue weighted by molar-refractivity contribution is -0.151. The minimum atomic E-state index is -0.630. The first kappa shape index (κ1) is 14.2. The van der Waals surface area contributed by atoms with Gasteiger partial charge in [-0.1, -0.05) is 13.8 Å². The molecule has 0 aromatic rings. The molecular formula is C14H25NO2S. The normalized spacial score (nSPS) is 37.4. The highest BCUT2D eigenvalue weighted by molar-refractivity contribution is 7.99. The van der Waals surface area contributed by atoms with Crippen molar-refractivity contribution in [3.05, 3.63) is 0 Å². The van der Waals surface area contributed by atoms with E-state index < -0.39 is 11.4 Å². The van der Waals surface area contributed by atoms with Crippen molar-refractivity contribution in [1.29, 1.82) is 0 Å². The van der Waals surface area contributed by atoms with Crippen LogP contribution in [0.25, 0.3) is 0 Å². The van der Waals surface area contributed by atoms with Crippen molar-refractivity contribution >= 4 is 17.7 Å². The third-order valence-corrected chi connectivity index (χ3v) is 5.96. The molecule has 0 amide bonds. The van der Waals surface area contributed by atoms with E-state index in [1.54, 1.807) is 0 Å². The average Bonchev–Trinajstić information content (AvgIpc) is 2.27. The monoisotopic (exact) mass is 271 g/mol. The Morgan fingerprint density at radius 1 is 1.39 bits per heavy atom. The summed E-state index contributed by atoms with van der Waals surface area (Å²) >= 11 is 2.02. The first-order chi connectivity index (χ1) is 8.32. The zero-order valence-electron chi connectivity index (χ0n) is 11.7. The molecule has 0 aromatic carbocycles. The molecule has 2 saturated heterocycles. The van der Waals surface area contributed by atoms with Gasteiger partial charge in [-0.05, 0) is 43.9 Å². The van der Waals surface area contributed by atoms with Crippen LogP contribution in [0.5, 0.6) is 0 Å². The first-order valence-corrected chi connectivity index (χ1v) is 8.03. The molecule has 0 aliphatic carbocycles. The highest BCUT2D eigenvalue weighted by Gasteiger charge is 2.41. The van der Waals surface area contributed by atoms with Gasteiger partial charge >= 0.3 is 5.97 Å². The van der Waals surface area contributed by atoms with Crippen LogP contribution in [0.3, 0.4) is 0 Å². The van der Waals surface area contributed by atoms with Crippen LogP contribution in [0.2, 0.25) is 0 Å². The number of piperidine rings is 1. The molecule has 2 aliphatic heterocycles. The maximum atomic E-state index is 11.4. The van der Waals surface area contributed by atoms with E-state index in [2.05, 4.69) is 18.7 Å². The Balaban J connectivity index is 2.03. The van der Waals surface area contributed by atoms with E-state index in [1.165, 1.54) is 17.9 Å². The number of thioether (sulfide) groups is 1. The maximum absolute atomic E-state index is 11.4. The number of carboxylic acid groups (broad SMARTS) is 1. The molecule has 3 nitrogen and oxygen atoms in total. The van der Waals surface area contributed by atoms with Gasteiger partial charge in [0.25, 0.3) is 0 Å². The number of rotatable bonds is 2. The summed E-state index contributed by atoms with van der Waals surface area (Å²) in [6.45, 7) is 8.36. The summed E-state index contributed by atoms with van der Waals surface area (Å²) in [5.74, 6) is 1.77. The lowest BCUT2D eigenvalue weighted by Gasteiger charge is -2.46. The Bertz CT molecular complexity index is 332. The number of hydrogen-bond acceptors (Lipinski definition) is 3. The molecule has 0 saturated carbocycles. The van der Waals surface area contributed by atoms with Crippen molar-refractivity contribution < 1.29 is 9.90 Å². The summed E-state index contributed by atoms with van der Waals surface area (Å²) in [6.07, 6.45) is 3.04. The van der Waals surface area contributed by atoms with Crippen LogP contribution in [0.4, 0.5) is 0 Å². The Kier molecular flexibility index (Phi) is 3.98. The largest absolute Gasteiger partial charge is 0.481 e. The van der Waals surface area contributed by atoms with Crippen LogP contribution in [-0.4, -0.2) is 46.6 Å². The highest BCUT2D eigenvalue weighted by Crippen LogP contribution is 2.38. The summed E-state index contributed by atoms with van der Waals surface area (Å²) in [7, 11) is 0. The molecule has 0 aromatic heterocycles. The Labute approximate surface area is 114 Å². The molecule has 2 aliphatic rings. The number of nitrogens with zero attached hydrogens (tertiary/aromatic N) is 1. The molecule has 0 spiro atoms. The fourth-order valence-electron chi connectivity index (χ4n) is 3.23. The molecular weight excluding hydrogens is 246 g/mol. The Hall–Kier alpha value is -0.220. The minimum absolute atomic E-state index is 0.394. The van der Waals surface area contributed by atoms with Gasteiger partial charge in [-0.25, -0.2) is 0 Å². The molecule has 1 N–H and O–H groups in total. The fourth-order valence-corrected chi connectivity index (χ4v) is 4.62. The highest BCUT2D eigenvalue weighted by atomic mass is 32.2. The van der Waals surface area contributed by atoms with Gasteiger partial charge in [0.2, 0.25) is 0 Å². The fraction of sp³-hybridized carbons (Fsp3) is 0.929. The van der Waals surface area contributed by atoms with Crippen LogP contribution in [0, 0.1) is 10.8 Å². The smallest absolute Gasteiger partial charge is 0.310 e. The lowest BCUT2D eigenvalue weighted by Crippen LogP contribution is -2.52. The molecule has 0 radical (unpaired) electrons. The van der Waals surface area contributed by atoms with Crippen LogP contribution in [-0.2, 0) is 4.79 Å². The quantitative estimate of drug-likeness (QED) is 0.838. The molecule has 2 heterocycles. The third-order valence-electron chi connectivity index (χ3n) is 4.35. The van der Waals surface area contributed by atoms with Gasteiger partial charge in [0, 0.05) is 18.3 Å². The molecule has 2 unspecified atom stereocenters. The van der Waals surface area contributed by atoms with Crippen molar-refractivity contribution in [3.8, 4) is 0 Å². The molecule has 4 heteroatoms. The first-order valence-electron chi connectivity index (χ1n) is 6.88. The Morgan fingerprint density at radius 3 is 2.72 bits per heavy atom. The van der Waals surface area contributed by atoms with Crippen LogP contribution >= 0.6 is 11.8 Å². The average molecular weight is 271 g/mol. The maximum Gasteiger partial charge on any atom is 0.310 e. The van der Waals surface area contributed by atoms with Gasteiger partial charge in [-0.2, -0.15) is 11.8 Å². The van der Waals surface area contributed by atoms with Crippen molar-refractivity contribution in [1.82, 2.24) is 4.90 Å². The van der Waals surface area contributed by atoms with E-state index in [-0.39, 0.29) is 0 Å². The molecule has 2 rings (SSSR count). The summed E-state index contributed by atoms with van der Waals surface area (Å²) in [5, 5.41) is 9.38. The molecule has 2 fully saturated rings. The number of aliphatic carboxylic acids is 1. The van der Waals surface area contributed by atoms with Crippen molar-refractivity contribution in [3.63, 3.8) is 0 Å². The number of hydrogen-bond donors (Lipinski definition) is 1. The van der Waals surface area contributed by atoms with Gasteiger partial charge in [-0.3, -0.25) is 9.69 Å². The van der Waals surface area contributed by atoms with Crippen molar-refractivity contribution in [2.24, 2.45) is 10.8 Å². The molecule has 104 valence electrons. The van der Waals surface area contributed by atoms with Gasteiger partial charge in [0.1, 0.15) is 0 Å². The summed E-state index contributed by atoms with van der Waals surface area (Å²) in [5.41, 5.74) is -0.144. The number of likely N-dealkylation sites (tertiary alicyclic amines) is 1. The summed E-state index contributed by atoms with van der Waals surface area (Å²) in [4.78, 5) is 13.8. The SMILES string of the molecule is CC1(C)CSCC(N2CCCC(C)(C(=O)O)C2)C1. The van der Waals surface area contributed by atoms with Crippen LogP contribution in [0.15, 0.2) is 0 Å². The van der Waals surface area contributed by atoms with Gasteiger partial charge in [0.15, 0.2) is 0 Å². The number of carbonyl (C=O) groups is 1. The van der Waals surface area contributed by atoms with Crippen LogP contribution in [0.1, 0.15) is 40.0 Å². The zero-order chi connectivity index (χ0) is 13.4. The van der Waals surface area contributed by atoms with Crippen molar-refractivity contribution in [2.75, 3.05) is 24.6 Å². The second-order valence-corrected chi connectivity index (χ2v) is 8.01. The Morgan fingerprint density at radius 2 is 2.11 bits per heavy atom. The third kappa shape index (κ3) is 3.02. The van der Waals surface area contributed by atoms with Crippen LogP contribution < -0.4 is 0 Å². The van der Waals surface area contributed by atoms with Gasteiger partial charge in [0.05, 0.1) is 5.41 Å². The summed E-state index contributed by atoms with van der Waals surface area (Å²) in [6, 6.07) is 0.567. The topological polar surface area (TPSA) is 40.5 Å². The van der Waals surface area contributed by atoms with Gasteiger partial charge < -0.3 is 5.11 Å². The summed E-state index contributed by atoms with van der Waals surface area (Å²) < 4.78 is 0. The molecule has 0 bridgehead atoms. The van der Waals surface area contributed by atoms with E-state index in [9.17, 15) is 9.90 Å². The second-order valence-electron chi connectivity index (χ2n) is 6.98. The van der Waals surface area contributed by atoms with E-state index in [4.69, 9.17) is 0 Å². The van der Waals surface area contributed by atoms with E-state index >= 15 is 0 Å². The predicted octanol–water partition coefficient (Wildman–Crippen LogP) is 2.70. The second kappa shape index (κ2) is 5.04. The van der Waals surface area contributed by atoms with E-state index in [0.29, 0.717) is 11.5 Å². The molecule has 18 heavy (non-hydrogen) atoms. The molecule has 2 atom stereocenters. The van der Waals surface area contributed by atoms with E-state index in [1.807, 2.05) is 18.7 Å². The van der Waals surface area contributed by atoms with Gasteiger partial charge in [-0.15, -0.1) is 0 Å².